The molecule has 10 N–H and O–H groups in total. The van der Waals surface area contributed by atoms with Gasteiger partial charge in [-0.2, -0.15) is 123 Å². The molecule has 6 rings (SSSR count). The van der Waals surface area contributed by atoms with Crippen molar-refractivity contribution in [1.82, 2.24) is 21.3 Å². The number of hydrogen-bond donors (Lipinski definition) is 16. The van der Waals surface area contributed by atoms with Crippen molar-refractivity contribution in [2.24, 2.45) is 0 Å². The van der Waals surface area contributed by atoms with Gasteiger partial charge in [-0.3, -0.25) is 38.4 Å². The molecule has 712 valence electrons. The van der Waals surface area contributed by atoms with Crippen LogP contribution in [0.1, 0.15) is 254 Å². The largest absolute Gasteiger partial charge is 0.481 e. The van der Waals surface area contributed by atoms with Gasteiger partial charge in [-0.25, -0.2) is 4.79 Å². The van der Waals surface area contributed by atoms with Crippen LogP contribution in [0.5, 0.6) is 0 Å². The number of rotatable bonds is 65. The van der Waals surface area contributed by atoms with E-state index in [-0.39, 0.29) is 74.8 Å². The Kier molecular flexibility index (Phi) is 76.0. The third kappa shape index (κ3) is 64.1. The molecule has 4 amide bonds. The van der Waals surface area contributed by atoms with E-state index >= 15 is 0 Å². The second-order valence-electron chi connectivity index (χ2n) is 30.7. The number of fused-ring (bicyclic) bond motifs is 1. The van der Waals surface area contributed by atoms with E-state index in [0.717, 1.165) is 207 Å². The molecule has 0 saturated carbocycles. The highest BCUT2D eigenvalue weighted by molar-refractivity contribution is 8.13. The Morgan fingerprint density at radius 3 is 1.26 bits per heavy atom. The number of unbranched alkanes of at least 4 members (excludes halogenated alkanes) is 7. The summed E-state index contributed by atoms with van der Waals surface area (Å²) in [5.74, 6) is 4.28. The number of benzene rings is 4. The molecule has 2 aliphatic heterocycles. The molecule has 4 aromatic carbocycles. The Labute approximate surface area is 815 Å². The number of carboxylic acids is 6. The van der Waals surface area contributed by atoms with Gasteiger partial charge in [-0.1, -0.05) is 185 Å². The summed E-state index contributed by atoms with van der Waals surface area (Å²) in [6.07, 6.45) is 29.9. The minimum absolute atomic E-state index is 0.00879. The molecular weight excluding hydrogens is 1850 g/mol. The average Bonchev–Trinajstić information content (AvgIpc) is 1.01. The van der Waals surface area contributed by atoms with Crippen molar-refractivity contribution < 1.29 is 78.6 Å². The Morgan fingerprint density at radius 2 is 0.841 bits per heavy atom. The van der Waals surface area contributed by atoms with E-state index in [1.807, 2.05) is 58.8 Å². The lowest BCUT2D eigenvalue weighted by molar-refractivity contribution is -0.138. The first-order valence-electron chi connectivity index (χ1n) is 44.3. The summed E-state index contributed by atoms with van der Waals surface area (Å²) in [6.45, 7) is 4.64. The van der Waals surface area contributed by atoms with Crippen molar-refractivity contribution in [3.63, 3.8) is 0 Å². The van der Waals surface area contributed by atoms with Gasteiger partial charge in [0.2, 0.25) is 5.91 Å². The van der Waals surface area contributed by atoms with Crippen LogP contribution in [0, 0.1) is 0 Å². The summed E-state index contributed by atoms with van der Waals surface area (Å²) in [5, 5.41) is 65.9. The number of urea groups is 1. The lowest BCUT2D eigenvalue weighted by Gasteiger charge is -2.35. The molecule has 0 spiro atoms. The molecular formula is C93H146N4O16S13. The third-order valence-corrected chi connectivity index (χ3v) is 31.5. The summed E-state index contributed by atoms with van der Waals surface area (Å²) in [6, 6.07) is 43.2. The van der Waals surface area contributed by atoms with Crippen molar-refractivity contribution >= 4 is 217 Å². The Hall–Kier alpha value is -3.87. The number of ketones is 1. The van der Waals surface area contributed by atoms with E-state index < -0.39 is 35.8 Å². The number of aliphatic carboxylic acids is 6. The van der Waals surface area contributed by atoms with Gasteiger partial charge in [0, 0.05) is 112 Å². The number of amides is 4. The van der Waals surface area contributed by atoms with Gasteiger partial charge in [0.25, 0.3) is 5.24 Å². The fourth-order valence-corrected chi connectivity index (χ4v) is 24.5. The van der Waals surface area contributed by atoms with E-state index in [4.69, 9.17) is 43.3 Å². The highest BCUT2D eigenvalue weighted by Crippen LogP contribution is 2.49. The molecule has 2 heterocycles. The van der Waals surface area contributed by atoms with Crippen LogP contribution in [0.15, 0.2) is 121 Å². The monoisotopic (exact) mass is 1990 g/mol. The predicted molar refractivity (Wildman–Crippen MR) is 557 cm³/mol. The molecule has 2 aliphatic rings. The zero-order chi connectivity index (χ0) is 93.2. The molecule has 0 aliphatic carbocycles. The topological polar surface area (TPSA) is 340 Å². The maximum Gasteiger partial charge on any atom is 0.315 e. The van der Waals surface area contributed by atoms with Crippen LogP contribution in [0.2, 0.25) is 0 Å². The highest BCUT2D eigenvalue weighted by Gasteiger charge is 2.43. The molecule has 20 nitrogen and oxygen atoms in total. The molecule has 0 radical (unpaired) electrons. The molecule has 0 aromatic heterocycles. The quantitative estimate of drug-likeness (QED) is 0.00845. The van der Waals surface area contributed by atoms with Crippen LogP contribution < -0.4 is 21.3 Å². The molecule has 2 saturated heterocycles. The summed E-state index contributed by atoms with van der Waals surface area (Å²) >= 11 is 38.5. The van der Waals surface area contributed by atoms with Crippen LogP contribution in [-0.2, 0) is 48.9 Å². The molecule has 9 atom stereocenters. The number of thiol groups is 6. The van der Waals surface area contributed by atoms with E-state index in [1.165, 1.54) is 52.2 Å². The minimum atomic E-state index is -0.806. The average molecular weight is 1990 g/mol. The van der Waals surface area contributed by atoms with Crippen molar-refractivity contribution in [3.8, 4) is 0 Å². The lowest BCUT2D eigenvalue weighted by Crippen LogP contribution is -2.36. The van der Waals surface area contributed by atoms with Crippen LogP contribution in [0.4, 0.5) is 9.59 Å². The number of hydrogen-bond acceptors (Lipinski definition) is 23. The highest BCUT2D eigenvalue weighted by atomic mass is 32.2. The fourth-order valence-electron chi connectivity index (χ4n) is 13.6. The number of Topliss-reactive ketones (excluding diaryl/α,β-unsaturated/α-hetero) is 1. The Bertz CT molecular complexity index is 3410. The van der Waals surface area contributed by atoms with Crippen molar-refractivity contribution in [3.05, 3.63) is 144 Å². The van der Waals surface area contributed by atoms with Crippen LogP contribution in [-0.4, -0.2) is 209 Å². The van der Waals surface area contributed by atoms with Crippen LogP contribution in [0.25, 0.3) is 0 Å². The summed E-state index contributed by atoms with van der Waals surface area (Å²) < 4.78 is -0.291. The molecule has 126 heavy (non-hydrogen) atoms. The Morgan fingerprint density at radius 1 is 0.452 bits per heavy atom. The maximum atomic E-state index is 12.0. The molecule has 9 unspecified atom stereocenters. The van der Waals surface area contributed by atoms with E-state index in [0.29, 0.717) is 77.7 Å². The normalized spacial score (nSPS) is 15.0. The smallest absolute Gasteiger partial charge is 0.315 e. The molecule has 4 aromatic rings. The van der Waals surface area contributed by atoms with Crippen molar-refractivity contribution in [2.75, 3.05) is 71.1 Å². The van der Waals surface area contributed by atoms with Gasteiger partial charge in [-0.15, -0.1) is 23.5 Å². The van der Waals surface area contributed by atoms with Crippen molar-refractivity contribution in [2.45, 2.75) is 291 Å². The number of carbonyl (C=O) groups excluding carboxylic acids is 4. The molecule has 2 fully saturated rings. The second kappa shape index (κ2) is 79.7. The van der Waals surface area contributed by atoms with E-state index in [2.05, 4.69) is 219 Å². The number of carboxylic acid groups (broad SMARTS) is 6. The summed E-state index contributed by atoms with van der Waals surface area (Å²) in [4.78, 5) is 109. The second-order valence-corrected chi connectivity index (χ2v) is 42.9. The van der Waals surface area contributed by atoms with Gasteiger partial charge in [0.05, 0.1) is 22.6 Å². The number of nitrogens with one attached hydrogen (secondary N) is 4. The van der Waals surface area contributed by atoms with Gasteiger partial charge in [0.1, 0.15) is 5.78 Å². The van der Waals surface area contributed by atoms with Gasteiger partial charge < -0.3 is 56.7 Å². The SMILES string of the molecule is CC(=O)CCCCC(CCS)SCc1ccccc1.CCSC(CCS)CCCCC(=O)O.CSC(CCS)CCCCC(=O)O.O=C(O)CCCCC(CCS)SCC(=O)O.O=C(O)CCCCC(S)CCSC(=O)NCCNC(=O)CCCCC1SCC2NC(=O)NC21.O=C(O)CCCCC(S)CCSC(c1ccccc1)(c1ccccc1)c1ccccc1. The first kappa shape index (κ1) is 120. The van der Waals surface area contributed by atoms with Gasteiger partial charge in [0.15, 0.2) is 0 Å². The van der Waals surface area contributed by atoms with Crippen molar-refractivity contribution in [1.29, 1.82) is 0 Å². The molecule has 33 heteroatoms. The van der Waals surface area contributed by atoms with Crippen LogP contribution in [0.3, 0.4) is 0 Å². The molecule has 0 bridgehead atoms. The van der Waals surface area contributed by atoms with Gasteiger partial charge >= 0.3 is 41.8 Å². The fraction of sp³-hybridized carbons (Fsp3) is 0.634. The first-order chi connectivity index (χ1) is 60.7. The first-order valence-corrected chi connectivity index (χ1v) is 55.4. The predicted octanol–water partition coefficient (Wildman–Crippen LogP) is 22.3. The zero-order valence-electron chi connectivity index (χ0n) is 74.1. The van der Waals surface area contributed by atoms with E-state index in [1.54, 1.807) is 6.92 Å². The number of thioether (sulfide) groups is 7. The standard InChI is InChI=1S/C27H30O2S2.C21H36N4O5S3.C16H24OS2.C10H18O4S2.C10H20O2S2.C9H18O2S2/c28-26(29)19-11-10-18-25(30)20-21-31-27(22-12-4-1-5-13-22,23-14-6-2-7-15-23)24-16-8-3-9-17-24;26-17(7-3-2-6-16-19-15(13-33-16)24-20(29)25-19)22-10-11-23-21(30)32-12-9-14(31)5-1-4-8-18(27)28;1-14(17)7-5-6-10-16(11-12-18)19-13-15-8-3-2-4-9-15;11-9(12)4-2-1-3-8(5-6-15)16-7-10(13)14;1-2-14-9(7-8-13)5-3-4-6-10(11)12;1-13-8(6-7-12)4-2-3-5-9(10)11/h1-9,12-17,25,30H,10-11,18-21H2,(H,28,29);14-16,19,31H,1-13H2,(H,22,26)(H,23,30)(H,27,28)(H2,24,25,29);2-4,8-9,16,18H,5-7,10-13H2,1H3;8,15H,1-7H2,(H,11,12)(H,13,14);9,13H,2-8H2,1H3,(H,11,12);8,12H,2-7H2,1H3,(H,10,11). The summed E-state index contributed by atoms with van der Waals surface area (Å²) in [7, 11) is 0. The third-order valence-electron chi connectivity index (χ3n) is 20.3. The lowest BCUT2D eigenvalue weighted by atomic mass is 9.84. The Balaban J connectivity index is 0.000000787. The maximum absolute atomic E-state index is 12.0. The minimum Gasteiger partial charge on any atom is -0.481 e. The zero-order valence-corrected chi connectivity index (χ0v) is 85.2. The number of carbonyl (C=O) groups is 10. The van der Waals surface area contributed by atoms with E-state index in [9.17, 15) is 47.9 Å². The van der Waals surface area contributed by atoms with Gasteiger partial charge in [-0.05, 0) is 198 Å². The van der Waals surface area contributed by atoms with Crippen LogP contribution >= 0.6 is 158 Å². The summed E-state index contributed by atoms with van der Waals surface area (Å²) in [5.41, 5.74) is 5.21.